The highest BCUT2D eigenvalue weighted by Gasteiger charge is 2.18. The first kappa shape index (κ1) is 20.5. The number of nitrogens with one attached hydrogen (secondary N) is 1. The molecular weight excluding hydrogens is 398 g/mol. The zero-order valence-electron chi connectivity index (χ0n) is 15.5. The third kappa shape index (κ3) is 5.17. The number of hydrogen-bond acceptors (Lipinski definition) is 3. The summed E-state index contributed by atoms with van der Waals surface area (Å²) in [5.74, 6) is -1.29. The van der Waals surface area contributed by atoms with Gasteiger partial charge in [0.25, 0.3) is 15.9 Å². The van der Waals surface area contributed by atoms with Crippen LogP contribution in [-0.4, -0.2) is 26.3 Å². The van der Waals surface area contributed by atoms with Crippen LogP contribution in [0.25, 0.3) is 0 Å². The SMILES string of the molecule is CN(Cc1cccc(F)c1)C(=O)c1cccc(S(=O)(=O)Nc2ccc(F)cc2)c1. The van der Waals surface area contributed by atoms with Crippen molar-refractivity contribution in [2.45, 2.75) is 11.4 Å². The number of nitrogens with zero attached hydrogens (tertiary/aromatic N) is 1. The molecule has 1 N–H and O–H groups in total. The van der Waals surface area contributed by atoms with Crippen molar-refractivity contribution in [1.29, 1.82) is 0 Å². The Morgan fingerprint density at radius 2 is 1.62 bits per heavy atom. The highest BCUT2D eigenvalue weighted by molar-refractivity contribution is 7.92. The molecule has 3 aromatic rings. The quantitative estimate of drug-likeness (QED) is 0.660. The molecule has 150 valence electrons. The Kier molecular flexibility index (Phi) is 5.93. The second-order valence-electron chi connectivity index (χ2n) is 6.43. The van der Waals surface area contributed by atoms with Crippen molar-refractivity contribution in [2.75, 3.05) is 11.8 Å². The molecule has 0 heterocycles. The van der Waals surface area contributed by atoms with E-state index in [9.17, 15) is 22.0 Å². The summed E-state index contributed by atoms with van der Waals surface area (Å²) in [6.07, 6.45) is 0. The van der Waals surface area contributed by atoms with Gasteiger partial charge in [0.2, 0.25) is 0 Å². The van der Waals surface area contributed by atoms with Crippen molar-refractivity contribution in [3.63, 3.8) is 0 Å². The molecule has 3 aromatic carbocycles. The maximum Gasteiger partial charge on any atom is 0.261 e. The van der Waals surface area contributed by atoms with E-state index < -0.39 is 27.6 Å². The van der Waals surface area contributed by atoms with Gasteiger partial charge in [-0.25, -0.2) is 17.2 Å². The van der Waals surface area contributed by atoms with Crippen LogP contribution in [-0.2, 0) is 16.6 Å². The molecule has 8 heteroatoms. The van der Waals surface area contributed by atoms with Crippen molar-refractivity contribution in [3.05, 3.63) is 95.6 Å². The second-order valence-corrected chi connectivity index (χ2v) is 8.11. The fourth-order valence-corrected chi connectivity index (χ4v) is 3.83. The van der Waals surface area contributed by atoms with Crippen molar-refractivity contribution >= 4 is 21.6 Å². The number of amides is 1. The molecule has 0 bridgehead atoms. The molecule has 1 amide bonds. The first-order valence-corrected chi connectivity index (χ1v) is 10.1. The lowest BCUT2D eigenvalue weighted by Crippen LogP contribution is -2.26. The number of benzene rings is 3. The Hall–Kier alpha value is -3.26. The van der Waals surface area contributed by atoms with E-state index in [0.29, 0.717) is 5.56 Å². The highest BCUT2D eigenvalue weighted by atomic mass is 32.2. The van der Waals surface area contributed by atoms with E-state index in [4.69, 9.17) is 0 Å². The fraction of sp³-hybridized carbons (Fsp3) is 0.0952. The third-order valence-electron chi connectivity index (χ3n) is 4.14. The zero-order chi connectivity index (χ0) is 21.0. The summed E-state index contributed by atoms with van der Waals surface area (Å²) in [6.45, 7) is 0.168. The molecule has 0 saturated heterocycles. The van der Waals surface area contributed by atoms with Gasteiger partial charge in [0.1, 0.15) is 11.6 Å². The van der Waals surface area contributed by atoms with Crippen LogP contribution in [0.4, 0.5) is 14.5 Å². The van der Waals surface area contributed by atoms with E-state index >= 15 is 0 Å². The molecule has 0 fully saturated rings. The first-order chi connectivity index (χ1) is 13.7. The monoisotopic (exact) mass is 416 g/mol. The molecule has 0 unspecified atom stereocenters. The summed E-state index contributed by atoms with van der Waals surface area (Å²) in [6, 6.07) is 16.3. The molecule has 0 radical (unpaired) electrons. The number of carbonyl (C=O) groups is 1. The van der Waals surface area contributed by atoms with E-state index in [1.54, 1.807) is 19.2 Å². The van der Waals surface area contributed by atoms with Gasteiger partial charge in [0, 0.05) is 24.8 Å². The Labute approximate surface area is 167 Å². The summed E-state index contributed by atoms with van der Waals surface area (Å²) in [5.41, 5.74) is 0.986. The van der Waals surface area contributed by atoms with Crippen molar-refractivity contribution in [3.8, 4) is 0 Å². The minimum Gasteiger partial charge on any atom is -0.337 e. The molecule has 0 spiro atoms. The number of anilines is 1. The molecular formula is C21H18F2N2O3S. The summed E-state index contributed by atoms with van der Waals surface area (Å²) in [7, 11) is -2.42. The van der Waals surface area contributed by atoms with Gasteiger partial charge in [0.05, 0.1) is 4.90 Å². The molecule has 0 aromatic heterocycles. The van der Waals surface area contributed by atoms with Crippen LogP contribution in [0.2, 0.25) is 0 Å². The molecule has 29 heavy (non-hydrogen) atoms. The first-order valence-electron chi connectivity index (χ1n) is 8.63. The Bertz CT molecular complexity index is 1130. The second kappa shape index (κ2) is 8.40. The lowest BCUT2D eigenvalue weighted by molar-refractivity contribution is 0.0784. The standard InChI is InChI=1S/C21H18F2N2O3S/c1-25(14-15-4-2-6-18(23)12-15)21(26)16-5-3-7-20(13-16)29(27,28)24-19-10-8-17(22)9-11-19/h2-13,24H,14H2,1H3. The Balaban J connectivity index is 1.78. The van der Waals surface area contributed by atoms with Crippen LogP contribution in [0.15, 0.2) is 77.7 Å². The van der Waals surface area contributed by atoms with Crippen LogP contribution >= 0.6 is 0 Å². The minimum atomic E-state index is -3.97. The third-order valence-corrected chi connectivity index (χ3v) is 5.52. The maximum absolute atomic E-state index is 13.3. The summed E-state index contributed by atoms with van der Waals surface area (Å²) in [4.78, 5) is 13.9. The number of halogens is 2. The lowest BCUT2D eigenvalue weighted by atomic mass is 10.1. The van der Waals surface area contributed by atoms with Gasteiger partial charge in [-0.2, -0.15) is 0 Å². The lowest BCUT2D eigenvalue weighted by Gasteiger charge is -2.18. The van der Waals surface area contributed by atoms with Crippen LogP contribution in [0.3, 0.4) is 0 Å². The number of sulfonamides is 1. The van der Waals surface area contributed by atoms with Crippen molar-refractivity contribution in [2.24, 2.45) is 0 Å². The molecule has 0 aliphatic rings. The molecule has 0 aliphatic heterocycles. The van der Waals surface area contributed by atoms with E-state index in [1.165, 1.54) is 53.4 Å². The van der Waals surface area contributed by atoms with Gasteiger partial charge in [-0.3, -0.25) is 9.52 Å². The molecule has 0 atom stereocenters. The number of carbonyl (C=O) groups excluding carboxylic acids is 1. The van der Waals surface area contributed by atoms with Gasteiger partial charge in [-0.1, -0.05) is 18.2 Å². The summed E-state index contributed by atoms with van der Waals surface area (Å²) >= 11 is 0. The molecule has 3 rings (SSSR count). The fourth-order valence-electron chi connectivity index (χ4n) is 2.73. The van der Waals surface area contributed by atoms with Crippen molar-refractivity contribution < 1.29 is 22.0 Å². The van der Waals surface area contributed by atoms with Gasteiger partial charge in [-0.15, -0.1) is 0 Å². The topological polar surface area (TPSA) is 66.5 Å². The molecule has 0 aliphatic carbocycles. The van der Waals surface area contributed by atoms with Gasteiger partial charge in [-0.05, 0) is 60.2 Å². The predicted molar refractivity (Wildman–Crippen MR) is 106 cm³/mol. The van der Waals surface area contributed by atoms with E-state index in [-0.39, 0.29) is 22.7 Å². The Morgan fingerprint density at radius 1 is 0.931 bits per heavy atom. The Morgan fingerprint density at radius 3 is 2.31 bits per heavy atom. The summed E-state index contributed by atoms with van der Waals surface area (Å²) < 4.78 is 53.8. The van der Waals surface area contributed by atoms with E-state index in [2.05, 4.69) is 4.72 Å². The zero-order valence-corrected chi connectivity index (χ0v) is 16.3. The number of hydrogen-bond donors (Lipinski definition) is 1. The smallest absolute Gasteiger partial charge is 0.261 e. The maximum atomic E-state index is 13.3. The van der Waals surface area contributed by atoms with Crippen LogP contribution in [0, 0.1) is 11.6 Å². The highest BCUT2D eigenvalue weighted by Crippen LogP contribution is 2.19. The normalized spacial score (nSPS) is 11.1. The van der Waals surface area contributed by atoms with Gasteiger partial charge < -0.3 is 4.90 Å². The van der Waals surface area contributed by atoms with E-state index in [1.807, 2.05) is 0 Å². The van der Waals surface area contributed by atoms with Crippen LogP contribution < -0.4 is 4.72 Å². The minimum absolute atomic E-state index is 0.105. The average molecular weight is 416 g/mol. The molecule has 0 saturated carbocycles. The largest absolute Gasteiger partial charge is 0.337 e. The van der Waals surface area contributed by atoms with Crippen LogP contribution in [0.1, 0.15) is 15.9 Å². The van der Waals surface area contributed by atoms with Crippen molar-refractivity contribution in [1.82, 2.24) is 4.90 Å². The van der Waals surface area contributed by atoms with E-state index in [0.717, 1.165) is 12.1 Å². The average Bonchev–Trinajstić information content (AvgIpc) is 2.69. The number of rotatable bonds is 6. The van der Waals surface area contributed by atoms with Gasteiger partial charge in [0.15, 0.2) is 0 Å². The predicted octanol–water partition coefficient (Wildman–Crippen LogP) is 4.04. The van der Waals surface area contributed by atoms with Crippen LogP contribution in [0.5, 0.6) is 0 Å². The molecule has 5 nitrogen and oxygen atoms in total. The summed E-state index contributed by atoms with van der Waals surface area (Å²) in [5, 5.41) is 0. The van der Waals surface area contributed by atoms with Gasteiger partial charge >= 0.3 is 0 Å².